The first kappa shape index (κ1) is 23.8. The summed E-state index contributed by atoms with van der Waals surface area (Å²) in [5, 5.41) is 7.63. The van der Waals surface area contributed by atoms with Crippen molar-refractivity contribution in [3.05, 3.63) is 100 Å². The van der Waals surface area contributed by atoms with Gasteiger partial charge in [0.1, 0.15) is 5.75 Å². The monoisotopic (exact) mass is 490 g/mol. The van der Waals surface area contributed by atoms with E-state index in [9.17, 15) is 4.79 Å². The Morgan fingerprint density at radius 2 is 1.66 bits per heavy atom. The molecule has 0 radical (unpaired) electrons. The molecule has 182 valence electrons. The summed E-state index contributed by atoms with van der Waals surface area (Å²) >= 11 is 6.13. The van der Waals surface area contributed by atoms with E-state index in [-0.39, 0.29) is 36.0 Å². The van der Waals surface area contributed by atoms with Crippen LogP contribution in [0, 0.1) is 18.8 Å². The zero-order valence-electron chi connectivity index (χ0n) is 19.9. The van der Waals surface area contributed by atoms with Crippen LogP contribution in [0.1, 0.15) is 40.8 Å². The van der Waals surface area contributed by atoms with Crippen molar-refractivity contribution in [2.24, 2.45) is 11.8 Å². The van der Waals surface area contributed by atoms with Crippen LogP contribution in [-0.2, 0) is 11.3 Å². The Bertz CT molecular complexity index is 1150. The molecule has 2 saturated heterocycles. The molecule has 2 fully saturated rings. The van der Waals surface area contributed by atoms with Gasteiger partial charge in [0, 0.05) is 29.4 Å². The number of benzene rings is 3. The Kier molecular flexibility index (Phi) is 7.07. The van der Waals surface area contributed by atoms with Crippen LogP contribution < -0.4 is 26.2 Å². The predicted octanol–water partition coefficient (Wildman–Crippen LogP) is 4.42. The maximum Gasteiger partial charge on any atom is 0.223 e. The number of fused-ring (bicyclic) bond motifs is 1. The first-order valence-electron chi connectivity index (χ1n) is 12.0. The molecule has 5 atom stereocenters. The van der Waals surface area contributed by atoms with Gasteiger partial charge in [0.25, 0.3) is 0 Å². The van der Waals surface area contributed by atoms with Gasteiger partial charge in [0.2, 0.25) is 5.91 Å². The van der Waals surface area contributed by atoms with Crippen molar-refractivity contribution in [3.63, 3.8) is 0 Å². The summed E-state index contributed by atoms with van der Waals surface area (Å²) in [6.07, 6.45) is 0.632. The summed E-state index contributed by atoms with van der Waals surface area (Å²) in [5.74, 6) is 0.731. The fourth-order valence-electron chi connectivity index (χ4n) is 5.23. The van der Waals surface area contributed by atoms with Crippen LogP contribution in [0.3, 0.4) is 0 Å². The first-order chi connectivity index (χ1) is 17.0. The zero-order valence-corrected chi connectivity index (χ0v) is 20.7. The second-order valence-corrected chi connectivity index (χ2v) is 9.85. The molecule has 4 N–H and O–H groups in total. The van der Waals surface area contributed by atoms with Crippen LogP contribution in [0.2, 0.25) is 5.02 Å². The van der Waals surface area contributed by atoms with Gasteiger partial charge in [-0.25, -0.2) is 10.9 Å². The van der Waals surface area contributed by atoms with E-state index in [0.717, 1.165) is 22.4 Å². The third kappa shape index (κ3) is 5.21. The second-order valence-electron chi connectivity index (χ2n) is 9.41. The molecule has 2 aliphatic heterocycles. The maximum atomic E-state index is 13.7. The zero-order chi connectivity index (χ0) is 24.4. The Labute approximate surface area is 211 Å². The normalized spacial score (nSPS) is 25.6. The van der Waals surface area contributed by atoms with Gasteiger partial charge in [0.05, 0.1) is 19.3 Å². The van der Waals surface area contributed by atoms with Gasteiger partial charge in [0.15, 0.2) is 0 Å². The van der Waals surface area contributed by atoms with Crippen LogP contribution in [-0.4, -0.2) is 19.2 Å². The molecule has 6 nitrogen and oxygen atoms in total. The third-order valence-corrected chi connectivity index (χ3v) is 7.42. The summed E-state index contributed by atoms with van der Waals surface area (Å²) in [6.45, 7) is 2.58. The molecule has 0 aromatic heterocycles. The highest BCUT2D eigenvalue weighted by Gasteiger charge is 2.49. The number of nitrogens with one attached hydrogen (secondary N) is 4. The molecule has 35 heavy (non-hydrogen) atoms. The van der Waals surface area contributed by atoms with Crippen LogP contribution in [0.5, 0.6) is 5.75 Å². The van der Waals surface area contributed by atoms with E-state index in [1.165, 1.54) is 5.56 Å². The van der Waals surface area contributed by atoms with Gasteiger partial charge >= 0.3 is 0 Å². The van der Waals surface area contributed by atoms with Gasteiger partial charge < -0.3 is 10.1 Å². The number of halogens is 1. The minimum atomic E-state index is -0.193. The van der Waals surface area contributed by atoms with E-state index in [4.69, 9.17) is 16.3 Å². The van der Waals surface area contributed by atoms with Gasteiger partial charge in [-0.15, -0.1) is 0 Å². The fourth-order valence-corrected chi connectivity index (χ4v) is 5.36. The summed E-state index contributed by atoms with van der Waals surface area (Å²) in [4.78, 5) is 13.7. The number of ether oxygens (including phenoxy) is 1. The lowest BCUT2D eigenvalue weighted by Gasteiger charge is -2.40. The van der Waals surface area contributed by atoms with Crippen molar-refractivity contribution < 1.29 is 9.53 Å². The SMILES string of the molecule is COc1ccc(C2CC(C(=O)NCc3ccc(C)cc3)C3C(NNC3c3ccc(Cl)cc3)N2)cc1. The van der Waals surface area contributed by atoms with E-state index in [1.54, 1.807) is 7.11 Å². The van der Waals surface area contributed by atoms with E-state index in [2.05, 4.69) is 64.8 Å². The summed E-state index contributed by atoms with van der Waals surface area (Å²) in [7, 11) is 1.66. The number of aryl methyl sites for hydroxylation is 1. The predicted molar refractivity (Wildman–Crippen MR) is 138 cm³/mol. The Morgan fingerprint density at radius 3 is 2.34 bits per heavy atom. The van der Waals surface area contributed by atoms with Crippen LogP contribution in [0.25, 0.3) is 0 Å². The molecular formula is C28H31ClN4O2. The Balaban J connectivity index is 1.40. The third-order valence-electron chi connectivity index (χ3n) is 7.17. The molecule has 0 bridgehead atoms. The lowest BCUT2D eigenvalue weighted by atomic mass is 9.74. The largest absolute Gasteiger partial charge is 0.497 e. The standard InChI is InChI=1S/C28H31ClN4O2/c1-17-3-5-18(6-4-17)16-30-28(34)23-15-24(19-9-13-22(35-2)14-10-19)31-27-25(23)26(32-33-27)20-7-11-21(29)12-8-20/h3-14,23-27,31-33H,15-16H2,1-2H3,(H,30,34). The van der Waals surface area contributed by atoms with Crippen molar-refractivity contribution >= 4 is 17.5 Å². The topological polar surface area (TPSA) is 74.4 Å². The molecule has 5 unspecified atom stereocenters. The quantitative estimate of drug-likeness (QED) is 0.412. The number of piperidine rings is 1. The molecule has 0 spiro atoms. The van der Waals surface area contributed by atoms with Crippen molar-refractivity contribution in [1.82, 2.24) is 21.5 Å². The lowest BCUT2D eigenvalue weighted by Crippen LogP contribution is -2.54. The molecular weight excluding hydrogens is 460 g/mol. The number of methoxy groups -OCH3 is 1. The minimum Gasteiger partial charge on any atom is -0.497 e. The van der Waals surface area contributed by atoms with Crippen LogP contribution in [0.15, 0.2) is 72.8 Å². The number of carbonyl (C=O) groups excluding carboxylic acids is 1. The highest BCUT2D eigenvalue weighted by molar-refractivity contribution is 6.30. The van der Waals surface area contributed by atoms with Gasteiger partial charge in [-0.3, -0.25) is 10.1 Å². The number of rotatable bonds is 6. The lowest BCUT2D eigenvalue weighted by molar-refractivity contribution is -0.129. The molecule has 7 heteroatoms. The van der Waals surface area contributed by atoms with Gasteiger partial charge in [-0.1, -0.05) is 65.7 Å². The molecule has 2 aliphatic rings. The summed E-state index contributed by atoms with van der Waals surface area (Å²) < 4.78 is 5.32. The molecule has 0 aliphatic carbocycles. The van der Waals surface area contributed by atoms with E-state index in [1.807, 2.05) is 36.4 Å². The molecule has 2 heterocycles. The van der Waals surface area contributed by atoms with E-state index >= 15 is 0 Å². The highest BCUT2D eigenvalue weighted by atomic mass is 35.5. The summed E-state index contributed by atoms with van der Waals surface area (Å²) in [6, 6.07) is 24.2. The molecule has 3 aromatic rings. The minimum absolute atomic E-state index is 0.0169. The van der Waals surface area contributed by atoms with E-state index in [0.29, 0.717) is 18.0 Å². The fraction of sp³-hybridized carbons (Fsp3) is 0.321. The van der Waals surface area contributed by atoms with Crippen molar-refractivity contribution in [2.45, 2.75) is 38.1 Å². The Hall–Kier alpha value is -2.90. The summed E-state index contributed by atoms with van der Waals surface area (Å²) in [5.41, 5.74) is 11.4. The smallest absolute Gasteiger partial charge is 0.223 e. The number of hydrazine groups is 1. The van der Waals surface area contributed by atoms with Crippen LogP contribution in [0.4, 0.5) is 0 Å². The highest BCUT2D eigenvalue weighted by Crippen LogP contribution is 2.42. The number of amides is 1. The Morgan fingerprint density at radius 1 is 0.971 bits per heavy atom. The first-order valence-corrected chi connectivity index (χ1v) is 12.4. The van der Waals surface area contributed by atoms with Gasteiger partial charge in [-0.2, -0.15) is 0 Å². The van der Waals surface area contributed by atoms with Crippen LogP contribution >= 0.6 is 11.6 Å². The average molecular weight is 491 g/mol. The number of carbonyl (C=O) groups is 1. The van der Waals surface area contributed by atoms with Crippen molar-refractivity contribution in [3.8, 4) is 5.75 Å². The van der Waals surface area contributed by atoms with E-state index < -0.39 is 0 Å². The molecule has 5 rings (SSSR count). The second kappa shape index (κ2) is 10.4. The number of hydrogen-bond donors (Lipinski definition) is 4. The van der Waals surface area contributed by atoms with Crippen molar-refractivity contribution in [1.29, 1.82) is 0 Å². The number of hydrogen-bond acceptors (Lipinski definition) is 5. The molecule has 3 aromatic carbocycles. The molecule has 1 amide bonds. The maximum absolute atomic E-state index is 13.7. The van der Waals surface area contributed by atoms with Crippen molar-refractivity contribution in [2.75, 3.05) is 7.11 Å². The van der Waals surface area contributed by atoms with Gasteiger partial charge in [-0.05, 0) is 54.3 Å². The molecule has 0 saturated carbocycles. The average Bonchev–Trinajstić information content (AvgIpc) is 3.32.